The Morgan fingerprint density at radius 3 is 2.53 bits per heavy atom. The van der Waals surface area contributed by atoms with Crippen LogP contribution < -0.4 is 10.6 Å². The van der Waals surface area contributed by atoms with Gasteiger partial charge in [-0.25, -0.2) is 4.79 Å². The second-order valence-corrected chi connectivity index (χ2v) is 13.9. The lowest BCUT2D eigenvalue weighted by Gasteiger charge is -2.63. The van der Waals surface area contributed by atoms with E-state index >= 15 is 0 Å². The third kappa shape index (κ3) is 5.23. The molecule has 0 bridgehead atoms. The van der Waals surface area contributed by atoms with Gasteiger partial charge in [0.1, 0.15) is 0 Å². The highest BCUT2D eigenvalue weighted by Gasteiger charge is 2.63. The number of hydrogen-bond acceptors (Lipinski definition) is 2. The Morgan fingerprint density at radius 2 is 1.81 bits per heavy atom. The largest absolute Gasteiger partial charge is 0.481 e. The molecule has 0 aromatic carbocycles. The van der Waals surface area contributed by atoms with Gasteiger partial charge in [-0.2, -0.15) is 0 Å². The van der Waals surface area contributed by atoms with Crippen molar-refractivity contribution in [3.05, 3.63) is 11.6 Å². The van der Waals surface area contributed by atoms with E-state index in [1.807, 2.05) is 0 Å². The molecular weight excluding hydrogens is 448 g/mol. The van der Waals surface area contributed by atoms with E-state index < -0.39 is 5.97 Å². The molecule has 3 N–H and O–H groups in total. The van der Waals surface area contributed by atoms with Crippen molar-refractivity contribution in [2.45, 2.75) is 124 Å². The number of carbonyl (C=O) groups is 2. The van der Waals surface area contributed by atoms with Crippen molar-refractivity contribution >= 4 is 12.0 Å². The van der Waals surface area contributed by atoms with Crippen LogP contribution in [0.2, 0.25) is 0 Å². The smallest absolute Gasteiger partial charge is 0.315 e. The zero-order chi connectivity index (χ0) is 26.1. The molecule has 5 heteroatoms. The van der Waals surface area contributed by atoms with Crippen molar-refractivity contribution in [1.29, 1.82) is 0 Å². The van der Waals surface area contributed by atoms with Crippen LogP contribution in [0.25, 0.3) is 0 Å². The lowest BCUT2D eigenvalue weighted by Crippen LogP contribution is -2.57. The first-order chi connectivity index (χ1) is 17.0. The number of allylic oxidation sites excluding steroid dienone is 1. The van der Waals surface area contributed by atoms with Gasteiger partial charge in [0.25, 0.3) is 0 Å². The summed E-state index contributed by atoms with van der Waals surface area (Å²) in [6.07, 6.45) is 18.0. The molecule has 3 saturated carbocycles. The van der Waals surface area contributed by atoms with Crippen LogP contribution in [0.5, 0.6) is 0 Å². The number of carbonyl (C=O) groups excluding carboxylic acids is 1. The molecule has 0 radical (unpaired) electrons. The Balaban J connectivity index is 1.40. The maximum Gasteiger partial charge on any atom is 0.315 e. The normalized spacial score (nSPS) is 39.6. The zero-order valence-corrected chi connectivity index (χ0v) is 23.6. The fourth-order valence-corrected chi connectivity index (χ4v) is 9.48. The van der Waals surface area contributed by atoms with Gasteiger partial charge in [-0.3, -0.25) is 4.79 Å². The predicted octanol–water partition coefficient (Wildman–Crippen LogP) is 7.31. The summed E-state index contributed by atoms with van der Waals surface area (Å²) in [5.41, 5.74) is 2.73. The monoisotopic (exact) mass is 500 g/mol. The minimum absolute atomic E-state index is 0.0412. The van der Waals surface area contributed by atoms with Gasteiger partial charge < -0.3 is 15.7 Å². The van der Waals surface area contributed by atoms with Gasteiger partial charge in [0, 0.05) is 12.6 Å². The molecule has 0 aromatic heterocycles. The van der Waals surface area contributed by atoms with Crippen LogP contribution in [0.3, 0.4) is 0 Å². The number of amides is 2. The molecule has 7 atom stereocenters. The van der Waals surface area contributed by atoms with Crippen LogP contribution in [0.1, 0.15) is 118 Å². The fraction of sp³-hybridized carbons (Fsp3) is 0.871. The molecule has 3 fully saturated rings. The Hall–Kier alpha value is -1.52. The van der Waals surface area contributed by atoms with E-state index in [1.165, 1.54) is 57.8 Å². The van der Waals surface area contributed by atoms with Crippen molar-refractivity contribution in [2.24, 2.45) is 39.9 Å². The van der Waals surface area contributed by atoms with E-state index in [0.717, 1.165) is 42.9 Å². The molecule has 0 aromatic rings. The second kappa shape index (κ2) is 10.7. The molecule has 0 aliphatic heterocycles. The van der Waals surface area contributed by atoms with Gasteiger partial charge in [0.05, 0.1) is 6.42 Å². The minimum Gasteiger partial charge on any atom is -0.481 e. The van der Waals surface area contributed by atoms with E-state index in [9.17, 15) is 9.59 Å². The van der Waals surface area contributed by atoms with Crippen LogP contribution in [0, 0.1) is 39.9 Å². The van der Waals surface area contributed by atoms with E-state index in [4.69, 9.17) is 5.11 Å². The standard InChI is InChI=1S/C31H52N2O3/c1-21(2)8-6-7-9-22-10-11-25-29(22,3)18-14-26-30(4)17-13-24(20-23(30)12-16-31(25,26)5)33-28(36)32-19-15-27(34)35/h12,21-22,24-26H,6-11,13-20H2,1-5H3,(H,34,35)(H2,32,33,36). The van der Waals surface area contributed by atoms with Crippen molar-refractivity contribution in [3.63, 3.8) is 0 Å². The minimum atomic E-state index is -0.887. The van der Waals surface area contributed by atoms with E-state index in [-0.39, 0.29) is 30.5 Å². The summed E-state index contributed by atoms with van der Waals surface area (Å²) >= 11 is 0. The average molecular weight is 501 g/mol. The van der Waals surface area contributed by atoms with Crippen molar-refractivity contribution in [1.82, 2.24) is 10.6 Å². The fourth-order valence-electron chi connectivity index (χ4n) is 9.48. The summed E-state index contributed by atoms with van der Waals surface area (Å²) in [5, 5.41) is 14.6. The predicted molar refractivity (Wildman–Crippen MR) is 146 cm³/mol. The van der Waals surface area contributed by atoms with Crippen LogP contribution in [-0.4, -0.2) is 29.7 Å². The number of carboxylic acid groups (broad SMARTS) is 1. The SMILES string of the molecule is CC(C)CCCCC1CCC2C1(C)CCC1C3(C)CCC(NC(=O)NCCC(=O)O)CC3=CCC12C. The summed E-state index contributed by atoms with van der Waals surface area (Å²) in [6.45, 7) is 12.7. The molecule has 4 aliphatic rings. The maximum atomic E-state index is 12.3. The quantitative estimate of drug-likeness (QED) is 0.229. The Morgan fingerprint density at radius 1 is 1.03 bits per heavy atom. The number of unbranched alkanes of at least 4 members (excludes halogenated alkanes) is 1. The number of nitrogens with one attached hydrogen (secondary N) is 2. The van der Waals surface area contributed by atoms with Crippen LogP contribution in [-0.2, 0) is 4.79 Å². The summed E-state index contributed by atoms with van der Waals surface area (Å²) in [4.78, 5) is 23.0. The van der Waals surface area contributed by atoms with Gasteiger partial charge >= 0.3 is 12.0 Å². The first-order valence-electron chi connectivity index (χ1n) is 14.9. The Labute approximate surface area is 219 Å². The molecule has 7 unspecified atom stereocenters. The summed E-state index contributed by atoms with van der Waals surface area (Å²) in [5.74, 6) is 2.43. The summed E-state index contributed by atoms with van der Waals surface area (Å²) < 4.78 is 0. The van der Waals surface area contributed by atoms with Crippen molar-refractivity contribution in [2.75, 3.05) is 6.54 Å². The van der Waals surface area contributed by atoms with E-state index in [2.05, 4.69) is 51.3 Å². The van der Waals surface area contributed by atoms with E-state index in [1.54, 1.807) is 5.57 Å². The molecule has 0 saturated heterocycles. The summed E-state index contributed by atoms with van der Waals surface area (Å²) in [7, 11) is 0. The molecule has 0 spiro atoms. The van der Waals surface area contributed by atoms with Crippen LogP contribution in [0.15, 0.2) is 11.6 Å². The third-order valence-electron chi connectivity index (χ3n) is 11.4. The number of aliphatic carboxylic acids is 1. The number of urea groups is 1. The third-order valence-corrected chi connectivity index (χ3v) is 11.4. The highest BCUT2D eigenvalue weighted by molar-refractivity contribution is 5.75. The second-order valence-electron chi connectivity index (χ2n) is 13.9. The van der Waals surface area contributed by atoms with Crippen LogP contribution >= 0.6 is 0 Å². The molecule has 204 valence electrons. The molecule has 4 rings (SSSR count). The van der Waals surface area contributed by atoms with Crippen LogP contribution in [0.4, 0.5) is 4.79 Å². The molecule has 4 aliphatic carbocycles. The zero-order valence-electron chi connectivity index (χ0n) is 23.6. The first-order valence-corrected chi connectivity index (χ1v) is 14.9. The molecule has 36 heavy (non-hydrogen) atoms. The molecule has 5 nitrogen and oxygen atoms in total. The topological polar surface area (TPSA) is 78.4 Å². The number of hydrogen-bond donors (Lipinski definition) is 3. The van der Waals surface area contributed by atoms with Crippen molar-refractivity contribution in [3.8, 4) is 0 Å². The number of fused-ring (bicyclic) bond motifs is 5. The first kappa shape index (κ1) is 27.5. The lowest BCUT2D eigenvalue weighted by molar-refractivity contribution is -0.136. The Kier molecular flexibility index (Phi) is 8.17. The van der Waals surface area contributed by atoms with Gasteiger partial charge in [-0.05, 0) is 97.7 Å². The highest BCUT2D eigenvalue weighted by Crippen LogP contribution is 2.71. The number of carboxylic acids is 1. The molecule has 2 amide bonds. The van der Waals surface area contributed by atoms with Gasteiger partial charge in [0.2, 0.25) is 0 Å². The van der Waals surface area contributed by atoms with E-state index in [0.29, 0.717) is 10.8 Å². The molecule has 0 heterocycles. The maximum absolute atomic E-state index is 12.3. The lowest BCUT2D eigenvalue weighted by atomic mass is 9.41. The summed E-state index contributed by atoms with van der Waals surface area (Å²) in [6, 6.07) is -0.0843. The molecular formula is C31H52N2O3. The Bertz CT molecular complexity index is 853. The van der Waals surface area contributed by atoms with Gasteiger partial charge in [0.15, 0.2) is 0 Å². The van der Waals surface area contributed by atoms with Crippen molar-refractivity contribution < 1.29 is 14.7 Å². The van der Waals surface area contributed by atoms with Gasteiger partial charge in [-0.15, -0.1) is 0 Å². The number of rotatable bonds is 9. The highest BCUT2D eigenvalue weighted by atomic mass is 16.4. The average Bonchev–Trinajstić information content (AvgIpc) is 3.14. The van der Waals surface area contributed by atoms with Gasteiger partial charge in [-0.1, -0.05) is 65.5 Å².